The summed E-state index contributed by atoms with van der Waals surface area (Å²) >= 11 is 0. The van der Waals surface area contributed by atoms with Crippen LogP contribution in [0.25, 0.3) is 0 Å². The van der Waals surface area contributed by atoms with Gasteiger partial charge in [0.1, 0.15) is 27.4 Å². The molecule has 13 nitrogen and oxygen atoms in total. The summed E-state index contributed by atoms with van der Waals surface area (Å²) in [6.07, 6.45) is -2.46. The lowest BCUT2D eigenvalue weighted by Gasteiger charge is -2.44. The number of ether oxygens (including phenoxy) is 1. The number of benzene rings is 1. The van der Waals surface area contributed by atoms with Gasteiger partial charge in [0, 0.05) is 75.7 Å². The topological polar surface area (TPSA) is 140 Å². The molecule has 3 aliphatic rings. The summed E-state index contributed by atoms with van der Waals surface area (Å²) < 4.78 is 98.4. The Bertz CT molecular complexity index is 1740. The summed E-state index contributed by atoms with van der Waals surface area (Å²) in [6.45, 7) is 6.53. The smallest absolute Gasteiger partial charge is 0.408 e. The number of carbonyl (C=O) groups is 2. The molecule has 5 rings (SSSR count). The first-order chi connectivity index (χ1) is 23.9. The molecular weight excluding hydrogens is 703 g/mol. The number of aromatic nitrogens is 2. The zero-order valence-electron chi connectivity index (χ0n) is 28.5. The number of fused-ring (bicyclic) bond motifs is 1. The number of nitrogens with zero attached hydrogens (tertiary/aromatic N) is 6. The third-order valence-electron chi connectivity index (χ3n) is 9.35. The van der Waals surface area contributed by atoms with Crippen LogP contribution in [0.1, 0.15) is 38.2 Å². The molecule has 0 spiro atoms. The van der Waals surface area contributed by atoms with Crippen LogP contribution in [0.3, 0.4) is 0 Å². The summed E-state index contributed by atoms with van der Waals surface area (Å²) in [4.78, 5) is 40.7. The Labute approximate surface area is 292 Å². The van der Waals surface area contributed by atoms with Gasteiger partial charge >= 0.3 is 12.2 Å². The Kier molecular flexibility index (Phi) is 11.0. The molecule has 1 atom stereocenters. The van der Waals surface area contributed by atoms with Crippen molar-refractivity contribution in [2.24, 2.45) is 0 Å². The standard InChI is InChI=1S/C32H41F5N8O5S/c1-5-27(46)39-23-16-24(26(50-3)17-25(23)43-12-10-42(11-13-43)14-15-51(4,48)49)40-29-38-18-21-19-44(20(2)32(35,36)37)30(47)45(28(21)41-29)22-6-8-31(33,34)9-7-22/h5,16-18,20,22H,1,6-15,19H2,2-4H3,(H,39,46)(H,38,40,41)/t20-/m0/s1. The van der Waals surface area contributed by atoms with Gasteiger partial charge in [0.05, 0.1) is 36.5 Å². The molecule has 0 unspecified atom stereocenters. The summed E-state index contributed by atoms with van der Waals surface area (Å²) in [7, 11) is -1.69. The van der Waals surface area contributed by atoms with E-state index in [0.717, 1.165) is 17.9 Å². The highest BCUT2D eigenvalue weighted by molar-refractivity contribution is 7.90. The number of nitrogens with one attached hydrogen (secondary N) is 2. The number of rotatable bonds is 11. The van der Waals surface area contributed by atoms with Crippen LogP contribution >= 0.6 is 0 Å². The van der Waals surface area contributed by atoms with Crippen LogP contribution in [0.5, 0.6) is 5.75 Å². The van der Waals surface area contributed by atoms with E-state index in [1.807, 2.05) is 9.80 Å². The van der Waals surface area contributed by atoms with E-state index in [0.29, 0.717) is 60.4 Å². The Morgan fingerprint density at radius 1 is 1.16 bits per heavy atom. The molecule has 2 aliphatic heterocycles. The number of sulfone groups is 1. The molecule has 2 fully saturated rings. The first-order valence-electron chi connectivity index (χ1n) is 16.4. The first kappa shape index (κ1) is 38.0. The Hall–Kier alpha value is -4.26. The highest BCUT2D eigenvalue weighted by Gasteiger charge is 2.48. The fraction of sp³-hybridized carbons (Fsp3) is 0.562. The van der Waals surface area contributed by atoms with Crippen molar-refractivity contribution in [3.8, 4) is 5.75 Å². The molecule has 2 aromatic rings. The van der Waals surface area contributed by atoms with Gasteiger partial charge in [-0.05, 0) is 31.9 Å². The van der Waals surface area contributed by atoms with E-state index in [-0.39, 0.29) is 35.9 Å². The fourth-order valence-corrected chi connectivity index (χ4v) is 6.95. The number of urea groups is 1. The highest BCUT2D eigenvalue weighted by atomic mass is 32.2. The van der Waals surface area contributed by atoms with E-state index in [2.05, 4.69) is 27.2 Å². The van der Waals surface area contributed by atoms with Crippen molar-refractivity contribution in [1.29, 1.82) is 0 Å². The van der Waals surface area contributed by atoms with Gasteiger partial charge < -0.3 is 25.2 Å². The molecule has 1 aromatic carbocycles. The van der Waals surface area contributed by atoms with Gasteiger partial charge in [-0.25, -0.2) is 27.0 Å². The third kappa shape index (κ3) is 8.98. The maximum absolute atomic E-state index is 14.1. The van der Waals surface area contributed by atoms with Gasteiger partial charge in [-0.1, -0.05) is 6.58 Å². The molecule has 51 heavy (non-hydrogen) atoms. The number of hydrogen-bond acceptors (Lipinski definition) is 10. The van der Waals surface area contributed by atoms with Gasteiger partial charge in [0.2, 0.25) is 17.8 Å². The predicted molar refractivity (Wildman–Crippen MR) is 182 cm³/mol. The third-order valence-corrected chi connectivity index (χ3v) is 10.3. The van der Waals surface area contributed by atoms with Crippen molar-refractivity contribution >= 4 is 50.6 Å². The van der Waals surface area contributed by atoms with Crippen LogP contribution < -0.4 is 25.2 Å². The van der Waals surface area contributed by atoms with Gasteiger partial charge in [-0.15, -0.1) is 0 Å². The summed E-state index contributed by atoms with van der Waals surface area (Å²) in [5.74, 6) is -3.12. The number of amides is 3. The molecule has 280 valence electrons. The molecule has 0 bridgehead atoms. The number of methoxy groups -OCH3 is 1. The molecule has 2 N–H and O–H groups in total. The van der Waals surface area contributed by atoms with E-state index >= 15 is 0 Å². The number of carbonyl (C=O) groups excluding carboxylic acids is 2. The monoisotopic (exact) mass is 744 g/mol. The van der Waals surface area contributed by atoms with Crippen molar-refractivity contribution in [1.82, 2.24) is 19.8 Å². The van der Waals surface area contributed by atoms with Crippen molar-refractivity contribution in [2.45, 2.75) is 63.3 Å². The minimum atomic E-state index is -4.73. The average molecular weight is 745 g/mol. The molecule has 3 amide bonds. The van der Waals surface area contributed by atoms with Crippen molar-refractivity contribution in [2.75, 3.05) is 72.3 Å². The van der Waals surface area contributed by atoms with Gasteiger partial charge in [0.15, 0.2) is 0 Å². The molecule has 3 heterocycles. The van der Waals surface area contributed by atoms with E-state index in [1.165, 1.54) is 19.6 Å². The SMILES string of the molecule is C=CC(=O)Nc1cc(Nc2ncc3c(n2)N(C2CCC(F)(F)CC2)C(=O)N([C@@H](C)C(F)(F)F)C3)c(OC)cc1N1CCN(CCS(C)(=O)=O)CC1. The second-order valence-electron chi connectivity index (χ2n) is 13.0. The normalized spacial score (nSPS) is 19.4. The zero-order chi connectivity index (χ0) is 37.3. The lowest BCUT2D eigenvalue weighted by Crippen LogP contribution is -2.58. The first-order valence-corrected chi connectivity index (χ1v) is 18.4. The van der Waals surface area contributed by atoms with Crippen LogP contribution in [0.4, 0.5) is 55.6 Å². The lowest BCUT2D eigenvalue weighted by molar-refractivity contribution is -0.172. The highest BCUT2D eigenvalue weighted by Crippen LogP contribution is 2.42. The fourth-order valence-electron chi connectivity index (χ4n) is 6.36. The zero-order valence-corrected chi connectivity index (χ0v) is 29.3. The molecule has 1 saturated heterocycles. The minimum Gasteiger partial charge on any atom is -0.494 e. The summed E-state index contributed by atoms with van der Waals surface area (Å²) in [5.41, 5.74) is 1.50. The minimum absolute atomic E-state index is 0.0165. The predicted octanol–water partition coefficient (Wildman–Crippen LogP) is 4.79. The maximum atomic E-state index is 14.1. The van der Waals surface area contributed by atoms with Crippen LogP contribution in [0.15, 0.2) is 31.0 Å². The molecule has 1 saturated carbocycles. The van der Waals surface area contributed by atoms with Crippen LogP contribution in [-0.4, -0.2) is 116 Å². The van der Waals surface area contributed by atoms with Crippen molar-refractivity contribution in [3.63, 3.8) is 0 Å². The molecular formula is C32H41F5N8O5S. The lowest BCUT2D eigenvalue weighted by atomic mass is 9.90. The van der Waals surface area contributed by atoms with E-state index in [4.69, 9.17) is 4.74 Å². The van der Waals surface area contributed by atoms with E-state index in [1.54, 1.807) is 12.1 Å². The van der Waals surface area contributed by atoms with Gasteiger partial charge in [-0.3, -0.25) is 14.6 Å². The Morgan fingerprint density at radius 3 is 2.41 bits per heavy atom. The van der Waals surface area contributed by atoms with Crippen LogP contribution in [0.2, 0.25) is 0 Å². The summed E-state index contributed by atoms with van der Waals surface area (Å²) in [6, 6.07) is -0.665. The number of anilines is 5. The second kappa shape index (κ2) is 14.8. The summed E-state index contributed by atoms with van der Waals surface area (Å²) in [5, 5.41) is 5.82. The second-order valence-corrected chi connectivity index (χ2v) is 15.2. The molecule has 1 aromatic heterocycles. The number of hydrogen-bond donors (Lipinski definition) is 2. The van der Waals surface area contributed by atoms with Gasteiger partial charge in [-0.2, -0.15) is 18.2 Å². The Morgan fingerprint density at radius 2 is 1.82 bits per heavy atom. The number of halogens is 5. The van der Waals surface area contributed by atoms with Crippen molar-refractivity contribution < 1.29 is 44.7 Å². The molecule has 1 aliphatic carbocycles. The van der Waals surface area contributed by atoms with Crippen LogP contribution in [0, 0.1) is 0 Å². The van der Waals surface area contributed by atoms with E-state index in [9.17, 15) is 40.0 Å². The average Bonchev–Trinajstić information content (AvgIpc) is 3.07. The quantitative estimate of drug-likeness (QED) is 0.244. The van der Waals surface area contributed by atoms with Gasteiger partial charge in [0.25, 0.3) is 0 Å². The van der Waals surface area contributed by atoms with E-state index < -0.39 is 65.3 Å². The number of piperazine rings is 1. The van der Waals surface area contributed by atoms with Crippen molar-refractivity contribution in [3.05, 3.63) is 36.5 Å². The maximum Gasteiger partial charge on any atom is 0.408 e. The molecule has 0 radical (unpaired) electrons. The molecule has 19 heteroatoms. The van der Waals surface area contributed by atoms with Crippen LogP contribution in [-0.2, 0) is 21.2 Å². The Balaban J connectivity index is 1.46. The largest absolute Gasteiger partial charge is 0.494 e. The number of alkyl halides is 5.